The van der Waals surface area contributed by atoms with Crippen LogP contribution in [0.4, 0.5) is 5.69 Å². The lowest BCUT2D eigenvalue weighted by Crippen LogP contribution is -2.34. The Labute approximate surface area is 118 Å². The van der Waals surface area contributed by atoms with Crippen molar-refractivity contribution in [3.63, 3.8) is 0 Å². The summed E-state index contributed by atoms with van der Waals surface area (Å²) in [7, 11) is 0. The molecule has 1 N–H and O–H groups in total. The standard InChI is InChI=1S/C13H12BrN3O2/c14-9-2-1-3-10(6-9)16-4-5-17-8-15-12(13(18)19)11(17)7-16/h1-3,6,8H,4-5,7H2,(H,18,19). The minimum absolute atomic E-state index is 0.152. The van der Waals surface area contributed by atoms with E-state index in [4.69, 9.17) is 5.11 Å². The summed E-state index contributed by atoms with van der Waals surface area (Å²) < 4.78 is 2.93. The van der Waals surface area contributed by atoms with Gasteiger partial charge in [-0.25, -0.2) is 9.78 Å². The number of carboxylic acid groups (broad SMARTS) is 1. The Morgan fingerprint density at radius 2 is 2.21 bits per heavy atom. The second-order valence-electron chi connectivity index (χ2n) is 4.44. The van der Waals surface area contributed by atoms with Crippen LogP contribution in [0.1, 0.15) is 16.2 Å². The maximum atomic E-state index is 11.1. The van der Waals surface area contributed by atoms with Crippen molar-refractivity contribution in [2.75, 3.05) is 11.4 Å². The van der Waals surface area contributed by atoms with Gasteiger partial charge in [0, 0.05) is 23.2 Å². The Morgan fingerprint density at radius 3 is 2.95 bits per heavy atom. The van der Waals surface area contributed by atoms with Gasteiger partial charge < -0.3 is 14.6 Å². The molecule has 0 bridgehead atoms. The Kier molecular flexibility index (Phi) is 3.02. The minimum atomic E-state index is -0.968. The van der Waals surface area contributed by atoms with Crippen LogP contribution >= 0.6 is 15.9 Å². The lowest BCUT2D eigenvalue weighted by atomic mass is 10.2. The molecule has 2 aromatic rings. The van der Waals surface area contributed by atoms with E-state index < -0.39 is 5.97 Å². The maximum absolute atomic E-state index is 11.1. The first-order valence-corrected chi connectivity index (χ1v) is 6.72. The van der Waals surface area contributed by atoms with E-state index in [1.165, 1.54) is 0 Å². The van der Waals surface area contributed by atoms with Crippen LogP contribution in [-0.2, 0) is 13.1 Å². The van der Waals surface area contributed by atoms with Crippen LogP contribution in [-0.4, -0.2) is 27.2 Å². The first-order valence-electron chi connectivity index (χ1n) is 5.93. The van der Waals surface area contributed by atoms with Crippen LogP contribution in [0.25, 0.3) is 0 Å². The maximum Gasteiger partial charge on any atom is 0.356 e. The number of hydrogen-bond donors (Lipinski definition) is 1. The van der Waals surface area contributed by atoms with Crippen LogP contribution in [0.15, 0.2) is 35.1 Å². The molecule has 2 heterocycles. The molecule has 0 unspecified atom stereocenters. The summed E-state index contributed by atoms with van der Waals surface area (Å²) in [5.74, 6) is -0.968. The largest absolute Gasteiger partial charge is 0.476 e. The smallest absolute Gasteiger partial charge is 0.356 e. The number of benzene rings is 1. The number of aromatic nitrogens is 2. The number of carbonyl (C=O) groups is 1. The molecule has 0 atom stereocenters. The molecule has 1 aliphatic rings. The van der Waals surface area contributed by atoms with Gasteiger partial charge in [-0.1, -0.05) is 22.0 Å². The molecule has 6 heteroatoms. The molecule has 5 nitrogen and oxygen atoms in total. The van der Waals surface area contributed by atoms with Crippen molar-refractivity contribution in [2.24, 2.45) is 0 Å². The van der Waals surface area contributed by atoms with Crippen molar-refractivity contribution in [3.05, 3.63) is 46.5 Å². The van der Waals surface area contributed by atoms with Crippen molar-refractivity contribution in [2.45, 2.75) is 13.1 Å². The fourth-order valence-corrected chi connectivity index (χ4v) is 2.71. The van der Waals surface area contributed by atoms with Gasteiger partial charge in [0.25, 0.3) is 0 Å². The second-order valence-corrected chi connectivity index (χ2v) is 5.36. The topological polar surface area (TPSA) is 58.4 Å². The second kappa shape index (κ2) is 4.70. The number of nitrogens with zero attached hydrogens (tertiary/aromatic N) is 3. The Morgan fingerprint density at radius 1 is 1.37 bits per heavy atom. The summed E-state index contributed by atoms with van der Waals surface area (Å²) in [5.41, 5.74) is 2.00. The number of anilines is 1. The SMILES string of the molecule is O=C(O)c1ncn2c1CN(c1cccc(Br)c1)CC2. The molecule has 19 heavy (non-hydrogen) atoms. The zero-order valence-electron chi connectivity index (χ0n) is 10.1. The van der Waals surface area contributed by atoms with E-state index in [0.717, 1.165) is 28.9 Å². The van der Waals surface area contributed by atoms with E-state index in [1.54, 1.807) is 6.33 Å². The molecule has 0 fully saturated rings. The molecule has 0 amide bonds. The lowest BCUT2D eigenvalue weighted by molar-refractivity contribution is 0.0689. The molecule has 98 valence electrons. The molecule has 1 aromatic carbocycles. The van der Waals surface area contributed by atoms with Crippen molar-refractivity contribution in [1.82, 2.24) is 9.55 Å². The third kappa shape index (κ3) is 2.23. The zero-order chi connectivity index (χ0) is 13.4. The van der Waals surface area contributed by atoms with Gasteiger partial charge in [0.15, 0.2) is 5.69 Å². The first-order chi connectivity index (χ1) is 9.15. The Balaban J connectivity index is 1.93. The molecule has 1 aromatic heterocycles. The highest BCUT2D eigenvalue weighted by Gasteiger charge is 2.23. The molecule has 0 radical (unpaired) electrons. The molecule has 1 aliphatic heterocycles. The van der Waals surface area contributed by atoms with Crippen molar-refractivity contribution < 1.29 is 9.90 Å². The number of imidazole rings is 1. The van der Waals surface area contributed by atoms with Crippen molar-refractivity contribution in [1.29, 1.82) is 0 Å². The fraction of sp³-hybridized carbons (Fsp3) is 0.231. The number of carboxylic acids is 1. The summed E-state index contributed by atoms with van der Waals surface area (Å²) in [6.07, 6.45) is 1.61. The summed E-state index contributed by atoms with van der Waals surface area (Å²) in [4.78, 5) is 17.3. The highest BCUT2D eigenvalue weighted by molar-refractivity contribution is 9.10. The predicted molar refractivity (Wildman–Crippen MR) is 74.4 cm³/mol. The Bertz CT molecular complexity index is 639. The molecular weight excluding hydrogens is 310 g/mol. The van der Waals surface area contributed by atoms with Gasteiger partial charge in [-0.15, -0.1) is 0 Å². The Hall–Kier alpha value is -1.82. The quantitative estimate of drug-likeness (QED) is 0.922. The number of halogens is 1. The van der Waals surface area contributed by atoms with E-state index in [2.05, 4.69) is 25.8 Å². The number of fused-ring (bicyclic) bond motifs is 1. The van der Waals surface area contributed by atoms with Crippen LogP contribution in [0.3, 0.4) is 0 Å². The van der Waals surface area contributed by atoms with Crippen LogP contribution in [0.2, 0.25) is 0 Å². The summed E-state index contributed by atoms with van der Waals surface area (Å²) in [6.45, 7) is 2.17. The summed E-state index contributed by atoms with van der Waals surface area (Å²) in [6, 6.07) is 8.01. The third-order valence-electron chi connectivity index (χ3n) is 3.27. The van der Waals surface area contributed by atoms with Crippen LogP contribution < -0.4 is 4.90 Å². The highest BCUT2D eigenvalue weighted by Crippen LogP contribution is 2.25. The monoisotopic (exact) mass is 321 g/mol. The van der Waals surface area contributed by atoms with E-state index >= 15 is 0 Å². The normalized spacial score (nSPS) is 14.3. The molecule has 3 rings (SSSR count). The van der Waals surface area contributed by atoms with Gasteiger partial charge in [-0.05, 0) is 18.2 Å². The van der Waals surface area contributed by atoms with Gasteiger partial charge in [-0.2, -0.15) is 0 Å². The number of hydrogen-bond acceptors (Lipinski definition) is 3. The van der Waals surface area contributed by atoms with E-state index in [-0.39, 0.29) is 5.69 Å². The average Bonchev–Trinajstić information content (AvgIpc) is 2.81. The average molecular weight is 322 g/mol. The molecule has 0 spiro atoms. The van der Waals surface area contributed by atoms with E-state index in [1.807, 2.05) is 28.8 Å². The summed E-state index contributed by atoms with van der Waals surface area (Å²) in [5, 5.41) is 9.13. The van der Waals surface area contributed by atoms with Crippen LogP contribution in [0, 0.1) is 0 Å². The lowest BCUT2D eigenvalue weighted by Gasteiger charge is -2.30. The number of aromatic carboxylic acids is 1. The van der Waals surface area contributed by atoms with Crippen LogP contribution in [0.5, 0.6) is 0 Å². The van der Waals surface area contributed by atoms with Crippen molar-refractivity contribution in [3.8, 4) is 0 Å². The molecule has 0 saturated heterocycles. The molecule has 0 aliphatic carbocycles. The van der Waals surface area contributed by atoms with Gasteiger partial charge in [0.1, 0.15) is 0 Å². The highest BCUT2D eigenvalue weighted by atomic mass is 79.9. The molecular formula is C13H12BrN3O2. The van der Waals surface area contributed by atoms with Gasteiger partial charge >= 0.3 is 5.97 Å². The minimum Gasteiger partial charge on any atom is -0.476 e. The number of rotatable bonds is 2. The first kappa shape index (κ1) is 12.2. The van der Waals surface area contributed by atoms with Crippen molar-refractivity contribution >= 4 is 27.6 Å². The third-order valence-corrected chi connectivity index (χ3v) is 3.77. The zero-order valence-corrected chi connectivity index (χ0v) is 11.7. The predicted octanol–water partition coefficient (Wildman–Crippen LogP) is 2.36. The van der Waals surface area contributed by atoms with E-state index in [0.29, 0.717) is 6.54 Å². The fourth-order valence-electron chi connectivity index (χ4n) is 2.33. The summed E-state index contributed by atoms with van der Waals surface area (Å²) >= 11 is 3.45. The molecule has 0 saturated carbocycles. The van der Waals surface area contributed by atoms with Gasteiger partial charge in [0.05, 0.1) is 18.6 Å². The van der Waals surface area contributed by atoms with Gasteiger partial charge in [-0.3, -0.25) is 0 Å². The van der Waals surface area contributed by atoms with E-state index in [9.17, 15) is 4.79 Å². The van der Waals surface area contributed by atoms with Gasteiger partial charge in [0.2, 0.25) is 0 Å².